The molecule has 0 aliphatic heterocycles. The highest BCUT2D eigenvalue weighted by atomic mass is 16.5. The van der Waals surface area contributed by atoms with Gasteiger partial charge >= 0.3 is 11.9 Å². The van der Waals surface area contributed by atoms with Crippen molar-refractivity contribution in [3.05, 3.63) is 29.8 Å². The van der Waals surface area contributed by atoms with Crippen LogP contribution in [0.5, 0.6) is 5.75 Å². The third-order valence-electron chi connectivity index (χ3n) is 4.30. The summed E-state index contributed by atoms with van der Waals surface area (Å²) in [6.45, 7) is 4.40. The Morgan fingerprint density at radius 1 is 1.03 bits per heavy atom. The molecule has 0 bridgehead atoms. The molecule has 0 fully saturated rings. The zero-order valence-electron chi connectivity index (χ0n) is 17.7. The van der Waals surface area contributed by atoms with Gasteiger partial charge in [0, 0.05) is 26.0 Å². The molecule has 1 aromatic carbocycles. The van der Waals surface area contributed by atoms with Gasteiger partial charge < -0.3 is 30.7 Å². The highest BCUT2D eigenvalue weighted by Gasteiger charge is 2.28. The van der Waals surface area contributed by atoms with Crippen LogP contribution >= 0.6 is 0 Å². The molecule has 0 saturated heterocycles. The summed E-state index contributed by atoms with van der Waals surface area (Å²) in [6.07, 6.45) is -0.702. The van der Waals surface area contributed by atoms with Gasteiger partial charge in [-0.2, -0.15) is 0 Å². The summed E-state index contributed by atoms with van der Waals surface area (Å²) in [5.74, 6) is -3.49. The van der Waals surface area contributed by atoms with E-state index in [4.69, 9.17) is 20.1 Å². The minimum absolute atomic E-state index is 0.0449. The number of carbonyl (C=O) groups excluding carboxylic acids is 2. The largest absolute Gasteiger partial charge is 0.478 e. The lowest BCUT2D eigenvalue weighted by molar-refractivity contribution is -0.159. The van der Waals surface area contributed by atoms with Crippen molar-refractivity contribution in [2.45, 2.75) is 51.7 Å². The molecule has 10 heteroatoms. The SMILES string of the molecule is CC(C)CCNC(=O)C(Cc1ccc(OC(C(=O)O)C(=O)O)cc1)NC(=O)CCCO. The summed E-state index contributed by atoms with van der Waals surface area (Å²) < 4.78 is 4.96. The maximum atomic E-state index is 12.6. The summed E-state index contributed by atoms with van der Waals surface area (Å²) in [5.41, 5.74) is 0.654. The fourth-order valence-corrected chi connectivity index (χ4v) is 2.60. The first kappa shape index (κ1) is 25.9. The monoisotopic (exact) mass is 438 g/mol. The quantitative estimate of drug-likeness (QED) is 0.263. The van der Waals surface area contributed by atoms with Crippen LogP contribution in [0, 0.1) is 5.92 Å². The minimum atomic E-state index is -2.03. The van der Waals surface area contributed by atoms with Crippen molar-refractivity contribution >= 4 is 23.8 Å². The number of hydrogen-bond donors (Lipinski definition) is 5. The average molecular weight is 438 g/mol. The molecule has 0 aliphatic carbocycles. The van der Waals surface area contributed by atoms with Crippen molar-refractivity contribution in [3.8, 4) is 5.75 Å². The molecule has 5 N–H and O–H groups in total. The molecule has 2 amide bonds. The Balaban J connectivity index is 2.84. The normalized spacial score (nSPS) is 11.8. The number of carboxylic acid groups (broad SMARTS) is 2. The van der Waals surface area contributed by atoms with Crippen molar-refractivity contribution in [1.82, 2.24) is 10.6 Å². The second kappa shape index (κ2) is 13.2. The van der Waals surface area contributed by atoms with Gasteiger partial charge in [-0.25, -0.2) is 9.59 Å². The van der Waals surface area contributed by atoms with Gasteiger partial charge in [-0.15, -0.1) is 0 Å². The van der Waals surface area contributed by atoms with E-state index in [1.54, 1.807) is 12.1 Å². The number of carbonyl (C=O) groups is 4. The van der Waals surface area contributed by atoms with Crippen molar-refractivity contribution in [1.29, 1.82) is 0 Å². The summed E-state index contributed by atoms with van der Waals surface area (Å²) in [7, 11) is 0. The highest BCUT2D eigenvalue weighted by Crippen LogP contribution is 2.16. The van der Waals surface area contributed by atoms with E-state index in [0.717, 1.165) is 6.42 Å². The number of rotatable bonds is 14. The van der Waals surface area contributed by atoms with Crippen LogP contribution in [0.1, 0.15) is 38.7 Å². The Morgan fingerprint density at radius 2 is 1.65 bits per heavy atom. The third kappa shape index (κ3) is 9.94. The number of amides is 2. The van der Waals surface area contributed by atoms with Gasteiger partial charge in [0.1, 0.15) is 11.8 Å². The molecule has 1 rings (SSSR count). The van der Waals surface area contributed by atoms with Gasteiger partial charge in [0.2, 0.25) is 11.8 Å². The second-order valence-corrected chi connectivity index (χ2v) is 7.44. The molecule has 0 aromatic heterocycles. The standard InChI is InChI=1S/C21H30N2O8/c1-13(2)9-10-22-19(26)16(23-17(25)4-3-11-24)12-14-5-7-15(8-6-14)31-18(20(27)28)21(29)30/h5-8,13,16,18,24H,3-4,9-12H2,1-2H3,(H,22,26)(H,23,25)(H,27,28)(H,29,30). The molecule has 0 aliphatic rings. The number of aliphatic carboxylic acids is 2. The van der Waals surface area contributed by atoms with E-state index in [1.807, 2.05) is 13.8 Å². The molecule has 10 nitrogen and oxygen atoms in total. The van der Waals surface area contributed by atoms with Gasteiger partial charge in [0.25, 0.3) is 6.10 Å². The van der Waals surface area contributed by atoms with Crippen LogP contribution in [-0.2, 0) is 25.6 Å². The zero-order valence-corrected chi connectivity index (χ0v) is 17.7. The second-order valence-electron chi connectivity index (χ2n) is 7.44. The van der Waals surface area contributed by atoms with E-state index in [1.165, 1.54) is 12.1 Å². The predicted molar refractivity (Wildman–Crippen MR) is 111 cm³/mol. The summed E-state index contributed by atoms with van der Waals surface area (Å²) in [5, 5.41) is 32.1. The summed E-state index contributed by atoms with van der Waals surface area (Å²) in [6, 6.07) is 5.08. The smallest absolute Gasteiger partial charge is 0.356 e. The highest BCUT2D eigenvalue weighted by molar-refractivity contribution is 5.96. The molecule has 0 saturated carbocycles. The number of ether oxygens (including phenoxy) is 1. The number of nitrogens with one attached hydrogen (secondary N) is 2. The Hall–Kier alpha value is -3.14. The Labute approximate surface area is 180 Å². The number of carboxylic acids is 2. The molecular weight excluding hydrogens is 408 g/mol. The maximum absolute atomic E-state index is 12.6. The Kier molecular flexibility index (Phi) is 11.0. The van der Waals surface area contributed by atoms with E-state index in [2.05, 4.69) is 10.6 Å². The molecule has 1 atom stereocenters. The van der Waals surface area contributed by atoms with Crippen molar-refractivity contribution in [2.75, 3.05) is 13.2 Å². The molecule has 0 radical (unpaired) electrons. The topological polar surface area (TPSA) is 162 Å². The number of aliphatic hydroxyl groups excluding tert-OH is 1. The van der Waals surface area contributed by atoms with E-state index in [0.29, 0.717) is 18.0 Å². The lowest BCUT2D eigenvalue weighted by Gasteiger charge is -2.19. The van der Waals surface area contributed by atoms with Crippen molar-refractivity contribution in [3.63, 3.8) is 0 Å². The van der Waals surface area contributed by atoms with Crippen LogP contribution in [0.25, 0.3) is 0 Å². The molecule has 1 unspecified atom stereocenters. The number of benzene rings is 1. The Morgan fingerprint density at radius 3 is 2.16 bits per heavy atom. The van der Waals surface area contributed by atoms with Crippen LogP contribution in [0.3, 0.4) is 0 Å². The van der Waals surface area contributed by atoms with E-state index >= 15 is 0 Å². The fourth-order valence-electron chi connectivity index (χ4n) is 2.60. The lowest BCUT2D eigenvalue weighted by Crippen LogP contribution is -2.48. The zero-order chi connectivity index (χ0) is 23.4. The van der Waals surface area contributed by atoms with E-state index in [-0.39, 0.29) is 43.4 Å². The molecule has 0 heterocycles. The molecule has 0 spiro atoms. The lowest BCUT2D eigenvalue weighted by atomic mass is 10.0. The Bertz CT molecular complexity index is 734. The first-order valence-electron chi connectivity index (χ1n) is 10.0. The molecular formula is C21H30N2O8. The van der Waals surface area contributed by atoms with Gasteiger partial charge in [-0.3, -0.25) is 9.59 Å². The predicted octanol–water partition coefficient (Wildman–Crippen LogP) is 0.565. The van der Waals surface area contributed by atoms with Crippen LogP contribution in [-0.4, -0.2) is 64.4 Å². The van der Waals surface area contributed by atoms with Gasteiger partial charge in [0.15, 0.2) is 0 Å². The van der Waals surface area contributed by atoms with Crippen LogP contribution in [0.2, 0.25) is 0 Å². The minimum Gasteiger partial charge on any atom is -0.478 e. The maximum Gasteiger partial charge on any atom is 0.356 e. The molecule has 172 valence electrons. The molecule has 1 aromatic rings. The first-order valence-corrected chi connectivity index (χ1v) is 10.0. The van der Waals surface area contributed by atoms with Gasteiger partial charge in [-0.1, -0.05) is 26.0 Å². The summed E-state index contributed by atoms with van der Waals surface area (Å²) in [4.78, 5) is 46.5. The summed E-state index contributed by atoms with van der Waals surface area (Å²) >= 11 is 0. The van der Waals surface area contributed by atoms with Crippen LogP contribution in [0.4, 0.5) is 0 Å². The molecule has 31 heavy (non-hydrogen) atoms. The third-order valence-corrected chi connectivity index (χ3v) is 4.30. The first-order chi connectivity index (χ1) is 14.6. The van der Waals surface area contributed by atoms with E-state index < -0.39 is 24.1 Å². The van der Waals surface area contributed by atoms with E-state index in [9.17, 15) is 19.2 Å². The number of aliphatic hydroxyl groups is 1. The van der Waals surface area contributed by atoms with Gasteiger partial charge in [-0.05, 0) is 36.5 Å². The van der Waals surface area contributed by atoms with Gasteiger partial charge in [0.05, 0.1) is 0 Å². The van der Waals surface area contributed by atoms with Crippen LogP contribution < -0.4 is 15.4 Å². The fraction of sp³-hybridized carbons (Fsp3) is 0.524. The van der Waals surface area contributed by atoms with Crippen molar-refractivity contribution < 1.29 is 39.2 Å². The van der Waals surface area contributed by atoms with Crippen LogP contribution in [0.15, 0.2) is 24.3 Å². The average Bonchev–Trinajstić information content (AvgIpc) is 2.70. The van der Waals surface area contributed by atoms with Crippen molar-refractivity contribution in [2.24, 2.45) is 5.92 Å². The number of hydrogen-bond acceptors (Lipinski definition) is 6.